The summed E-state index contributed by atoms with van der Waals surface area (Å²) in [4.78, 5) is 37.7. The summed E-state index contributed by atoms with van der Waals surface area (Å²) in [7, 11) is 2.67. The maximum Gasteiger partial charge on any atom is 0.328 e. The fourth-order valence-corrected chi connectivity index (χ4v) is 4.54. The molecule has 9 heteroatoms. The SMILES string of the molecule is COC(=O)CCC[C@@H](NC(=S)N1C[C@H]2C[C@H](C1)c1cccc(=O)n1C2)C(=O)OC. The average molecular weight is 422 g/mol. The summed E-state index contributed by atoms with van der Waals surface area (Å²) >= 11 is 5.59. The monoisotopic (exact) mass is 421 g/mol. The van der Waals surface area contributed by atoms with Gasteiger partial charge in [0.2, 0.25) is 0 Å². The lowest BCUT2D eigenvalue weighted by atomic mass is 9.83. The third-order valence-corrected chi connectivity index (χ3v) is 6.03. The number of carbonyl (C=O) groups excluding carboxylic acids is 2. The maximum atomic E-state index is 12.2. The maximum absolute atomic E-state index is 12.2. The quantitative estimate of drug-likeness (QED) is 0.538. The van der Waals surface area contributed by atoms with Crippen molar-refractivity contribution in [2.75, 3.05) is 27.3 Å². The zero-order valence-electron chi connectivity index (χ0n) is 16.8. The second kappa shape index (κ2) is 9.39. The number of nitrogens with one attached hydrogen (secondary N) is 1. The number of hydrogen-bond donors (Lipinski definition) is 1. The van der Waals surface area contributed by atoms with E-state index in [0.717, 1.165) is 18.7 Å². The lowest BCUT2D eigenvalue weighted by Gasteiger charge is -2.44. The molecule has 0 amide bonds. The van der Waals surface area contributed by atoms with Gasteiger partial charge in [-0.15, -0.1) is 0 Å². The van der Waals surface area contributed by atoms with Crippen molar-refractivity contribution in [3.8, 4) is 0 Å². The number of aromatic nitrogens is 1. The third-order valence-electron chi connectivity index (χ3n) is 5.65. The molecular formula is C20H27N3O5S. The van der Waals surface area contributed by atoms with Gasteiger partial charge in [-0.25, -0.2) is 4.79 Å². The molecule has 0 aromatic carbocycles. The number of fused-ring (bicyclic) bond motifs is 4. The van der Waals surface area contributed by atoms with Gasteiger partial charge >= 0.3 is 11.9 Å². The lowest BCUT2D eigenvalue weighted by Crippen LogP contribution is -2.54. The number of carbonyl (C=O) groups is 2. The van der Waals surface area contributed by atoms with Crippen LogP contribution in [0.5, 0.6) is 0 Å². The van der Waals surface area contributed by atoms with Crippen LogP contribution in [0.2, 0.25) is 0 Å². The first-order valence-corrected chi connectivity index (χ1v) is 10.2. The summed E-state index contributed by atoms with van der Waals surface area (Å²) in [6.45, 7) is 2.12. The van der Waals surface area contributed by atoms with Crippen molar-refractivity contribution in [2.24, 2.45) is 5.92 Å². The van der Waals surface area contributed by atoms with E-state index >= 15 is 0 Å². The van der Waals surface area contributed by atoms with Gasteiger partial charge in [-0.05, 0) is 43.5 Å². The van der Waals surface area contributed by atoms with Crippen LogP contribution in [0.25, 0.3) is 0 Å². The van der Waals surface area contributed by atoms with Gasteiger partial charge in [0.05, 0.1) is 14.2 Å². The molecule has 3 rings (SSSR count). The Kier molecular flexibility index (Phi) is 6.89. The molecule has 0 unspecified atom stereocenters. The average Bonchev–Trinajstić information content (AvgIpc) is 2.72. The molecule has 1 aromatic heterocycles. The number of ether oxygens (including phenoxy) is 2. The second-order valence-corrected chi connectivity index (χ2v) is 7.98. The van der Waals surface area contributed by atoms with E-state index in [2.05, 4.69) is 15.0 Å². The zero-order valence-corrected chi connectivity index (χ0v) is 17.6. The Labute approximate surface area is 175 Å². The van der Waals surface area contributed by atoms with Crippen LogP contribution >= 0.6 is 12.2 Å². The van der Waals surface area contributed by atoms with Crippen LogP contribution in [0, 0.1) is 5.92 Å². The minimum absolute atomic E-state index is 0.0442. The molecule has 3 heterocycles. The summed E-state index contributed by atoms with van der Waals surface area (Å²) in [6, 6.07) is 4.79. The van der Waals surface area contributed by atoms with Crippen LogP contribution < -0.4 is 10.9 Å². The minimum atomic E-state index is -0.617. The number of methoxy groups -OCH3 is 2. The van der Waals surface area contributed by atoms with E-state index in [0.29, 0.717) is 37.0 Å². The standard InChI is InChI=1S/C20H27N3O5S/c1-27-18(25)8-3-5-15(19(26)28-2)21-20(29)22-10-13-9-14(12-22)16-6-4-7-17(24)23(16)11-13/h4,6-7,13-15H,3,5,8-12H2,1-2H3,(H,21,29)/t13-,14-,15-/m1/s1. The molecule has 0 aliphatic carbocycles. The molecule has 158 valence electrons. The summed E-state index contributed by atoms with van der Waals surface area (Å²) in [5, 5.41) is 3.62. The summed E-state index contributed by atoms with van der Waals surface area (Å²) < 4.78 is 11.4. The molecule has 8 nitrogen and oxygen atoms in total. The number of nitrogens with zero attached hydrogens (tertiary/aromatic N) is 2. The van der Waals surface area contributed by atoms with E-state index in [1.54, 1.807) is 12.1 Å². The van der Waals surface area contributed by atoms with Gasteiger partial charge in [0.25, 0.3) is 5.56 Å². The zero-order chi connectivity index (χ0) is 21.0. The van der Waals surface area contributed by atoms with Crippen LogP contribution in [-0.4, -0.2) is 59.9 Å². The summed E-state index contributed by atoms with van der Waals surface area (Å²) in [6.07, 6.45) is 2.17. The van der Waals surface area contributed by atoms with Crippen molar-refractivity contribution in [1.29, 1.82) is 0 Å². The Hall–Kier alpha value is -2.42. The van der Waals surface area contributed by atoms with Crippen LogP contribution in [0.4, 0.5) is 0 Å². The van der Waals surface area contributed by atoms with Crippen molar-refractivity contribution in [2.45, 2.75) is 44.2 Å². The van der Waals surface area contributed by atoms with Crippen LogP contribution in [0.15, 0.2) is 23.0 Å². The highest BCUT2D eigenvalue weighted by molar-refractivity contribution is 7.80. The predicted molar refractivity (Wildman–Crippen MR) is 111 cm³/mol. The third kappa shape index (κ3) is 4.95. The largest absolute Gasteiger partial charge is 0.469 e. The first-order valence-electron chi connectivity index (χ1n) is 9.82. The van der Waals surface area contributed by atoms with Crippen molar-refractivity contribution >= 4 is 29.3 Å². The Balaban J connectivity index is 1.64. The molecule has 0 spiro atoms. The molecule has 3 atom stereocenters. The first kappa shape index (κ1) is 21.3. The number of likely N-dealkylation sites (tertiary alicyclic amines) is 1. The molecule has 2 aliphatic rings. The van der Waals surface area contributed by atoms with Crippen LogP contribution in [0.1, 0.15) is 37.3 Å². The van der Waals surface area contributed by atoms with E-state index in [1.807, 2.05) is 10.6 Å². The van der Waals surface area contributed by atoms with Gasteiger partial charge < -0.3 is 24.3 Å². The smallest absolute Gasteiger partial charge is 0.328 e. The van der Waals surface area contributed by atoms with E-state index in [9.17, 15) is 14.4 Å². The summed E-state index contributed by atoms with van der Waals surface area (Å²) in [5.74, 6) is -0.163. The van der Waals surface area contributed by atoms with Gasteiger partial charge in [0.15, 0.2) is 5.11 Å². The molecule has 1 saturated heterocycles. The van der Waals surface area contributed by atoms with E-state index in [-0.39, 0.29) is 23.9 Å². The van der Waals surface area contributed by atoms with Gasteiger partial charge in [0, 0.05) is 43.7 Å². The number of esters is 2. The van der Waals surface area contributed by atoms with Crippen molar-refractivity contribution in [1.82, 2.24) is 14.8 Å². The number of thiocarbonyl (C=S) groups is 1. The van der Waals surface area contributed by atoms with Gasteiger partial charge in [-0.3, -0.25) is 9.59 Å². The Morgan fingerprint density at radius 1 is 1.24 bits per heavy atom. The molecule has 0 saturated carbocycles. The normalized spacial score (nSPS) is 21.0. The Morgan fingerprint density at radius 2 is 2.03 bits per heavy atom. The molecule has 2 aliphatic heterocycles. The van der Waals surface area contributed by atoms with E-state index in [1.165, 1.54) is 14.2 Å². The molecule has 29 heavy (non-hydrogen) atoms. The fraction of sp³-hybridized carbons (Fsp3) is 0.600. The highest BCUT2D eigenvalue weighted by Gasteiger charge is 2.36. The number of hydrogen-bond acceptors (Lipinski definition) is 6. The summed E-state index contributed by atoms with van der Waals surface area (Å²) in [5.41, 5.74) is 1.09. The van der Waals surface area contributed by atoms with Gasteiger partial charge in [0.1, 0.15) is 6.04 Å². The molecule has 1 N–H and O–H groups in total. The Morgan fingerprint density at radius 3 is 2.76 bits per heavy atom. The van der Waals surface area contributed by atoms with Crippen LogP contribution in [0.3, 0.4) is 0 Å². The first-order chi connectivity index (χ1) is 13.9. The molecule has 1 aromatic rings. The molecular weight excluding hydrogens is 394 g/mol. The number of rotatable bonds is 6. The highest BCUT2D eigenvalue weighted by atomic mass is 32.1. The second-order valence-electron chi connectivity index (χ2n) is 7.60. The van der Waals surface area contributed by atoms with Gasteiger partial charge in [-0.1, -0.05) is 6.07 Å². The topological polar surface area (TPSA) is 89.9 Å². The van der Waals surface area contributed by atoms with Crippen molar-refractivity contribution < 1.29 is 19.1 Å². The fourth-order valence-electron chi connectivity index (χ4n) is 4.25. The van der Waals surface area contributed by atoms with E-state index in [4.69, 9.17) is 17.0 Å². The molecule has 1 fully saturated rings. The highest BCUT2D eigenvalue weighted by Crippen LogP contribution is 2.34. The number of pyridine rings is 1. The van der Waals surface area contributed by atoms with Crippen molar-refractivity contribution in [3.05, 3.63) is 34.2 Å². The lowest BCUT2D eigenvalue weighted by molar-refractivity contribution is -0.144. The van der Waals surface area contributed by atoms with Crippen molar-refractivity contribution in [3.63, 3.8) is 0 Å². The molecule has 0 radical (unpaired) electrons. The number of piperidine rings is 1. The predicted octanol–water partition coefficient (Wildman–Crippen LogP) is 1.03. The molecule has 2 bridgehead atoms. The van der Waals surface area contributed by atoms with Gasteiger partial charge in [-0.2, -0.15) is 0 Å². The van der Waals surface area contributed by atoms with Crippen LogP contribution in [-0.2, 0) is 25.6 Å². The van der Waals surface area contributed by atoms with E-state index < -0.39 is 12.0 Å². The minimum Gasteiger partial charge on any atom is -0.469 e. The Bertz CT molecular complexity index is 840.